The van der Waals surface area contributed by atoms with Crippen molar-refractivity contribution in [2.45, 2.75) is 103 Å². The lowest BCUT2D eigenvalue weighted by Gasteiger charge is -2.26. The molecule has 0 aliphatic carbocycles. The molecular formula is C59H85N13O12. The summed E-state index contributed by atoms with van der Waals surface area (Å²) < 4.78 is 21.9. The highest BCUT2D eigenvalue weighted by molar-refractivity contribution is 6.08. The van der Waals surface area contributed by atoms with Crippen LogP contribution in [0.2, 0.25) is 0 Å². The summed E-state index contributed by atoms with van der Waals surface area (Å²) in [5, 5.41) is 19.6. The van der Waals surface area contributed by atoms with Crippen LogP contribution in [0.25, 0.3) is 0 Å². The van der Waals surface area contributed by atoms with Gasteiger partial charge in [0.1, 0.15) is 41.1 Å². The fourth-order valence-corrected chi connectivity index (χ4v) is 9.28. The van der Waals surface area contributed by atoms with Crippen molar-refractivity contribution in [3.63, 3.8) is 0 Å². The summed E-state index contributed by atoms with van der Waals surface area (Å²) in [6, 6.07) is 13.2. The third kappa shape index (κ3) is 19.6. The van der Waals surface area contributed by atoms with Gasteiger partial charge < -0.3 is 90.6 Å². The Kier molecular flexibility index (Phi) is 27.8. The molecule has 7 atom stereocenters. The molecule has 8 amide bonds. The first-order valence-corrected chi connectivity index (χ1v) is 27.9. The van der Waals surface area contributed by atoms with Crippen molar-refractivity contribution in [1.82, 2.24) is 16.0 Å². The molecule has 4 aromatic carbocycles. The van der Waals surface area contributed by atoms with E-state index in [1.807, 2.05) is 0 Å². The van der Waals surface area contributed by atoms with Crippen molar-refractivity contribution >= 4 is 70.0 Å². The number of rotatable bonds is 35. The second-order valence-corrected chi connectivity index (χ2v) is 20.5. The van der Waals surface area contributed by atoms with Gasteiger partial charge in [0.15, 0.2) is 0 Å². The third-order valence-corrected chi connectivity index (χ3v) is 14.2. The molecule has 0 aliphatic rings. The molecule has 0 heterocycles. The minimum absolute atomic E-state index is 0.0288. The van der Waals surface area contributed by atoms with Crippen molar-refractivity contribution in [3.05, 3.63) is 95.1 Å². The smallest absolute Gasteiger partial charge is 0.255 e. The number of nitrogens with two attached hydrogens (primary N) is 6. The number of anilines is 4. The Morgan fingerprint density at radius 2 is 0.667 bits per heavy atom. The fourth-order valence-electron chi connectivity index (χ4n) is 9.28. The van der Waals surface area contributed by atoms with Gasteiger partial charge in [0.05, 0.1) is 56.7 Å². The number of hydrogen-bond acceptors (Lipinski definition) is 17. The summed E-state index contributed by atoms with van der Waals surface area (Å²) in [5.74, 6) is -6.10. The first-order chi connectivity index (χ1) is 40.2. The van der Waals surface area contributed by atoms with Gasteiger partial charge in [0.25, 0.3) is 23.6 Å². The molecule has 458 valence electrons. The maximum atomic E-state index is 14.5. The van der Waals surface area contributed by atoms with Crippen molar-refractivity contribution in [2.75, 3.05) is 75.9 Å². The van der Waals surface area contributed by atoms with Crippen LogP contribution in [0.3, 0.4) is 0 Å². The molecular weight excluding hydrogens is 1080 g/mol. The van der Waals surface area contributed by atoms with Gasteiger partial charge in [-0.15, -0.1) is 0 Å². The number of carbonyl (C=O) groups is 8. The Hall–Kier alpha value is -8.36. The van der Waals surface area contributed by atoms with Gasteiger partial charge in [-0.3, -0.25) is 38.4 Å². The van der Waals surface area contributed by atoms with Gasteiger partial charge in [-0.05, 0) is 168 Å². The summed E-state index contributed by atoms with van der Waals surface area (Å²) in [6.07, 6.45) is 4.67. The molecule has 4 aromatic rings. The second kappa shape index (κ2) is 34.3. The Morgan fingerprint density at radius 3 is 0.940 bits per heavy atom. The molecule has 4 rings (SSSR count). The largest absolute Gasteiger partial charge is 0.496 e. The summed E-state index contributed by atoms with van der Waals surface area (Å²) in [6.45, 7) is 6.75. The Morgan fingerprint density at radius 1 is 0.393 bits per heavy atom. The highest BCUT2D eigenvalue weighted by Crippen LogP contribution is 2.29. The average molecular weight is 1170 g/mol. The maximum Gasteiger partial charge on any atom is 0.255 e. The predicted octanol–water partition coefficient (Wildman–Crippen LogP) is 3.55. The third-order valence-electron chi connectivity index (χ3n) is 14.2. The van der Waals surface area contributed by atoms with Crippen molar-refractivity contribution in [1.29, 1.82) is 0 Å². The van der Waals surface area contributed by atoms with Crippen molar-refractivity contribution in [3.8, 4) is 23.0 Å². The lowest BCUT2D eigenvalue weighted by molar-refractivity contribution is -0.119. The number of primary amides is 1. The van der Waals surface area contributed by atoms with Crippen molar-refractivity contribution < 1.29 is 57.3 Å². The molecule has 0 saturated heterocycles. The van der Waals surface area contributed by atoms with Gasteiger partial charge in [0, 0.05) is 22.7 Å². The predicted molar refractivity (Wildman–Crippen MR) is 322 cm³/mol. The number of unbranched alkanes of at least 4 members (excludes halogenated alkanes) is 1. The summed E-state index contributed by atoms with van der Waals surface area (Å²) in [5.41, 5.74) is 35.5. The van der Waals surface area contributed by atoms with Gasteiger partial charge in [-0.25, -0.2) is 0 Å². The zero-order valence-corrected chi connectivity index (χ0v) is 49.0. The van der Waals surface area contributed by atoms with Crippen LogP contribution in [-0.4, -0.2) is 126 Å². The maximum absolute atomic E-state index is 14.5. The van der Waals surface area contributed by atoms with E-state index in [1.54, 1.807) is 26.8 Å². The topological polar surface area (TPSA) is 414 Å². The highest BCUT2D eigenvalue weighted by Gasteiger charge is 2.33. The van der Waals surface area contributed by atoms with E-state index in [4.69, 9.17) is 53.3 Å². The standard InChI is InChI=1S/C59H85N13O12/c1-33(13-10-26-61)49(57(78)67-36-17-21-45(81-4)40(29-36)52(65)73)70-54(75)42-31-38(19-23-47(42)83-6)69-59(80)51(35(3)15-12-28-63)72-55(76)43-32-39(20-24-48(43)84-7)68-58(79)50(34(2)14-11-27-62)71-53(74)41-30-37(18-22-46(41)82-5)66-56(77)44(64)16-8-9-25-60/h17-24,29-35,44,49-51H,8-16,25-28,60-64H2,1-7H3,(H2,65,73)(H,66,77)(H,67,78)(H,68,79)(H,69,80)(H,70,75)(H,71,74)(H,72,76)/t33-,34-,35-,44+,49-,50-,51-/m0/s1. The number of methoxy groups -OCH3 is 4. The van der Waals surface area contributed by atoms with E-state index in [0.29, 0.717) is 84.0 Å². The first kappa shape index (κ1) is 68.1. The Bertz CT molecular complexity index is 2910. The number of hydrogen-bond donors (Lipinski definition) is 13. The molecule has 0 aliphatic heterocycles. The molecule has 0 aromatic heterocycles. The van der Waals surface area contributed by atoms with Crippen LogP contribution in [0.5, 0.6) is 23.0 Å². The normalized spacial score (nSPS) is 13.5. The lowest BCUT2D eigenvalue weighted by atomic mass is 9.94. The highest BCUT2D eigenvalue weighted by atomic mass is 16.5. The van der Waals surface area contributed by atoms with Crippen LogP contribution >= 0.6 is 0 Å². The molecule has 0 fully saturated rings. The average Bonchev–Trinajstić information content (AvgIpc) is 3.52. The molecule has 25 heteroatoms. The molecule has 0 spiro atoms. The van der Waals surface area contributed by atoms with Gasteiger partial charge >= 0.3 is 0 Å². The molecule has 84 heavy (non-hydrogen) atoms. The minimum Gasteiger partial charge on any atom is -0.496 e. The monoisotopic (exact) mass is 1170 g/mol. The van der Waals surface area contributed by atoms with Crippen LogP contribution in [0.4, 0.5) is 22.7 Å². The number of ether oxygens (including phenoxy) is 4. The lowest BCUT2D eigenvalue weighted by Crippen LogP contribution is -2.48. The Labute approximate surface area is 490 Å². The quantitative estimate of drug-likeness (QED) is 0.0293. The molecule has 25 nitrogen and oxygen atoms in total. The van der Waals surface area contributed by atoms with E-state index in [0.717, 1.165) is 0 Å². The fraction of sp³-hybridized carbons (Fsp3) is 0.458. The van der Waals surface area contributed by atoms with Gasteiger partial charge in [-0.1, -0.05) is 27.2 Å². The minimum atomic E-state index is -1.21. The molecule has 19 N–H and O–H groups in total. The molecule has 0 bridgehead atoms. The van der Waals surface area contributed by atoms with Crippen molar-refractivity contribution in [2.24, 2.45) is 52.2 Å². The Balaban J connectivity index is 1.61. The van der Waals surface area contributed by atoms with Crippen LogP contribution in [0, 0.1) is 17.8 Å². The van der Waals surface area contributed by atoms with E-state index in [9.17, 15) is 38.4 Å². The number of amides is 8. The molecule has 0 radical (unpaired) electrons. The second-order valence-electron chi connectivity index (χ2n) is 20.5. The van der Waals surface area contributed by atoms with E-state index in [2.05, 4.69) is 37.2 Å². The van der Waals surface area contributed by atoms with E-state index in [-0.39, 0.29) is 68.0 Å². The molecule has 0 unspecified atom stereocenters. The van der Waals surface area contributed by atoms with Crippen LogP contribution in [0.1, 0.15) is 120 Å². The van der Waals surface area contributed by atoms with E-state index < -0.39 is 89.2 Å². The first-order valence-electron chi connectivity index (χ1n) is 27.9. The van der Waals surface area contributed by atoms with Crippen LogP contribution in [0.15, 0.2) is 72.8 Å². The van der Waals surface area contributed by atoms with E-state index in [1.165, 1.54) is 95.2 Å². The number of carbonyl (C=O) groups excluding carboxylic acids is 8. The number of benzene rings is 4. The summed E-state index contributed by atoms with van der Waals surface area (Å²) in [4.78, 5) is 111. The van der Waals surface area contributed by atoms with Crippen LogP contribution < -0.4 is 90.6 Å². The molecule has 0 saturated carbocycles. The zero-order chi connectivity index (χ0) is 62.0. The van der Waals surface area contributed by atoms with E-state index >= 15 is 0 Å². The van der Waals surface area contributed by atoms with Crippen LogP contribution in [-0.2, 0) is 19.2 Å². The zero-order valence-electron chi connectivity index (χ0n) is 49.0. The number of nitrogens with one attached hydrogen (secondary N) is 7. The summed E-state index contributed by atoms with van der Waals surface area (Å²) >= 11 is 0. The van der Waals surface area contributed by atoms with Gasteiger partial charge in [-0.2, -0.15) is 0 Å². The SMILES string of the molecule is COc1ccc(NC(=O)[C@@H](NC(=O)c2cc(NC(=O)[C@@H](NC(=O)c3cc(NC(=O)[C@@H](NC(=O)c4cc(NC(=O)[C@H](N)CCCCN)ccc4OC)[C@@H](C)CCCN)ccc3OC)[C@@H](C)CCCN)ccc2OC)[C@@H](C)CCCN)cc1C(N)=O. The summed E-state index contributed by atoms with van der Waals surface area (Å²) in [7, 11) is 5.46. The van der Waals surface area contributed by atoms with Gasteiger partial charge in [0.2, 0.25) is 23.6 Å².